The Balaban J connectivity index is 1.97. The second-order valence-electron chi connectivity index (χ2n) is 5.67. The molecule has 2 aromatic carbocycles. The van der Waals surface area contributed by atoms with Gasteiger partial charge in [-0.15, -0.1) is 0 Å². The number of aromatic nitrogens is 1. The number of rotatable bonds is 5. The number of thiazole rings is 1. The van der Waals surface area contributed by atoms with Crippen LogP contribution in [0.3, 0.4) is 0 Å². The van der Waals surface area contributed by atoms with Crippen LogP contribution >= 0.6 is 11.3 Å². The van der Waals surface area contributed by atoms with E-state index in [1.54, 1.807) is 31.2 Å². The number of hydrogen-bond donors (Lipinski definition) is 0. The largest absolute Gasteiger partial charge is 0.466 e. The van der Waals surface area contributed by atoms with Crippen molar-refractivity contribution in [2.24, 2.45) is 4.99 Å². The monoisotopic (exact) mass is 379 g/mol. The molecular weight excluding hydrogens is 362 g/mol. The summed E-state index contributed by atoms with van der Waals surface area (Å²) in [6.07, 6.45) is 0.201. The Morgan fingerprint density at radius 3 is 2.63 bits per heavy atom. The van der Waals surface area contributed by atoms with Crippen LogP contribution in [0.5, 0.6) is 0 Å². The topological polar surface area (TPSA) is 84.5 Å². The van der Waals surface area contributed by atoms with Crippen LogP contribution in [0.1, 0.15) is 29.3 Å². The number of fused-ring (bicyclic) bond motifs is 1. The van der Waals surface area contributed by atoms with Crippen LogP contribution < -0.4 is 4.80 Å². The minimum absolute atomic E-state index is 0.201. The van der Waals surface area contributed by atoms with E-state index >= 15 is 0 Å². The van der Waals surface area contributed by atoms with Gasteiger partial charge in [-0.05, 0) is 43.3 Å². The van der Waals surface area contributed by atoms with Gasteiger partial charge >= 0.3 is 5.97 Å². The molecule has 136 valence electrons. The minimum Gasteiger partial charge on any atom is -0.466 e. The first-order chi connectivity index (χ1) is 13.1. The fourth-order valence-electron chi connectivity index (χ4n) is 2.60. The summed E-state index contributed by atoms with van der Waals surface area (Å²) in [4.78, 5) is 29.0. The third-order valence-electron chi connectivity index (χ3n) is 3.89. The number of aryl methyl sites for hydroxylation is 1. The number of para-hydroxylation sites is 1. The lowest BCUT2D eigenvalue weighted by Crippen LogP contribution is -2.19. The van der Waals surface area contributed by atoms with Crippen molar-refractivity contribution in [2.75, 3.05) is 6.61 Å². The van der Waals surface area contributed by atoms with Gasteiger partial charge in [0.05, 0.1) is 34.9 Å². The second kappa shape index (κ2) is 8.43. The fourth-order valence-corrected chi connectivity index (χ4v) is 3.65. The van der Waals surface area contributed by atoms with Crippen molar-refractivity contribution < 1.29 is 14.3 Å². The Bertz CT molecular complexity index is 1090. The van der Waals surface area contributed by atoms with Gasteiger partial charge < -0.3 is 9.30 Å². The van der Waals surface area contributed by atoms with Crippen LogP contribution in [0.4, 0.5) is 0 Å². The highest BCUT2D eigenvalue weighted by molar-refractivity contribution is 7.16. The summed E-state index contributed by atoms with van der Waals surface area (Å²) >= 11 is 1.39. The third kappa shape index (κ3) is 4.30. The van der Waals surface area contributed by atoms with E-state index in [1.165, 1.54) is 11.3 Å². The summed E-state index contributed by atoms with van der Waals surface area (Å²) in [6, 6.07) is 16.1. The molecule has 0 radical (unpaired) electrons. The lowest BCUT2D eigenvalue weighted by atomic mass is 10.1. The summed E-state index contributed by atoms with van der Waals surface area (Å²) in [6.45, 7) is 2.48. The highest BCUT2D eigenvalue weighted by Crippen LogP contribution is 2.17. The molecule has 0 saturated heterocycles. The molecule has 0 fully saturated rings. The van der Waals surface area contributed by atoms with Crippen molar-refractivity contribution >= 4 is 33.4 Å². The number of ether oxygens (including phenoxy) is 1. The normalized spacial score (nSPS) is 11.3. The van der Waals surface area contributed by atoms with E-state index in [4.69, 9.17) is 10.00 Å². The van der Waals surface area contributed by atoms with Gasteiger partial charge in [0.2, 0.25) is 0 Å². The van der Waals surface area contributed by atoms with Crippen LogP contribution in [-0.4, -0.2) is 23.1 Å². The van der Waals surface area contributed by atoms with Gasteiger partial charge in [0.15, 0.2) is 4.80 Å². The van der Waals surface area contributed by atoms with Crippen molar-refractivity contribution in [3.05, 3.63) is 64.5 Å². The summed E-state index contributed by atoms with van der Waals surface area (Å²) in [7, 11) is 0. The van der Waals surface area contributed by atoms with E-state index in [-0.39, 0.29) is 12.4 Å². The smallest absolute Gasteiger partial charge is 0.307 e. The summed E-state index contributed by atoms with van der Waals surface area (Å²) in [5, 5.41) is 8.86. The number of nitriles is 1. The number of nitrogens with zero attached hydrogens (tertiary/aromatic N) is 3. The zero-order valence-electron chi connectivity index (χ0n) is 14.7. The van der Waals surface area contributed by atoms with Gasteiger partial charge in [-0.2, -0.15) is 10.3 Å². The number of amides is 1. The Hall–Kier alpha value is -3.24. The lowest BCUT2D eigenvalue weighted by Gasteiger charge is -2.05. The number of carbonyl (C=O) groups excluding carboxylic acids is 2. The standard InChI is InChI=1S/C20H17N3O3S/c1-2-26-18(24)11-12-23-16-5-3-4-6-17(16)27-20(23)22-19(25)15-9-7-14(13-21)8-10-15/h3-10H,2,11-12H2,1H3. The molecule has 1 aromatic heterocycles. The molecule has 0 spiro atoms. The molecule has 27 heavy (non-hydrogen) atoms. The zero-order valence-corrected chi connectivity index (χ0v) is 15.5. The fraction of sp³-hybridized carbons (Fsp3) is 0.200. The van der Waals surface area contributed by atoms with Crippen LogP contribution in [0.2, 0.25) is 0 Å². The first-order valence-corrected chi connectivity index (χ1v) is 9.27. The molecule has 7 heteroatoms. The molecule has 3 aromatic rings. The SMILES string of the molecule is CCOC(=O)CCn1c(=NC(=O)c2ccc(C#N)cc2)sc2ccccc21. The van der Waals surface area contributed by atoms with E-state index < -0.39 is 5.91 Å². The summed E-state index contributed by atoms with van der Waals surface area (Å²) in [5.41, 5.74) is 1.81. The Morgan fingerprint density at radius 2 is 1.93 bits per heavy atom. The molecule has 6 nitrogen and oxygen atoms in total. The van der Waals surface area contributed by atoms with Crippen molar-refractivity contribution in [1.29, 1.82) is 5.26 Å². The van der Waals surface area contributed by atoms with Crippen LogP contribution in [0, 0.1) is 11.3 Å². The summed E-state index contributed by atoms with van der Waals surface area (Å²) < 4.78 is 7.83. The van der Waals surface area contributed by atoms with Crippen LogP contribution in [-0.2, 0) is 16.1 Å². The van der Waals surface area contributed by atoms with E-state index in [9.17, 15) is 9.59 Å². The molecule has 1 heterocycles. The lowest BCUT2D eigenvalue weighted by molar-refractivity contribution is -0.143. The van der Waals surface area contributed by atoms with E-state index in [2.05, 4.69) is 4.99 Å². The quantitative estimate of drug-likeness (QED) is 0.637. The third-order valence-corrected chi connectivity index (χ3v) is 4.95. The Kier molecular flexibility index (Phi) is 5.79. The molecule has 1 amide bonds. The second-order valence-corrected chi connectivity index (χ2v) is 6.67. The number of esters is 1. The molecule has 0 bridgehead atoms. The van der Waals surface area contributed by atoms with Crippen LogP contribution in [0.15, 0.2) is 53.5 Å². The maximum absolute atomic E-state index is 12.5. The van der Waals surface area contributed by atoms with Gasteiger partial charge in [-0.1, -0.05) is 23.5 Å². The highest BCUT2D eigenvalue weighted by atomic mass is 32.1. The minimum atomic E-state index is -0.393. The molecule has 0 aliphatic heterocycles. The van der Waals surface area contributed by atoms with Gasteiger partial charge in [-0.3, -0.25) is 9.59 Å². The number of hydrogen-bond acceptors (Lipinski definition) is 5. The average Bonchev–Trinajstić information content (AvgIpc) is 3.03. The molecule has 0 saturated carbocycles. The van der Waals surface area contributed by atoms with Gasteiger partial charge in [0, 0.05) is 12.1 Å². The molecule has 0 unspecified atom stereocenters. The van der Waals surface area contributed by atoms with Crippen molar-refractivity contribution in [3.63, 3.8) is 0 Å². The zero-order chi connectivity index (χ0) is 19.2. The molecule has 0 atom stereocenters. The molecule has 0 aliphatic rings. The molecule has 0 N–H and O–H groups in total. The van der Waals surface area contributed by atoms with Gasteiger partial charge in [0.1, 0.15) is 0 Å². The van der Waals surface area contributed by atoms with E-state index in [0.717, 1.165) is 10.2 Å². The summed E-state index contributed by atoms with van der Waals surface area (Å²) in [5.74, 6) is -0.680. The first-order valence-electron chi connectivity index (χ1n) is 8.45. The van der Waals surface area contributed by atoms with Crippen molar-refractivity contribution in [1.82, 2.24) is 4.57 Å². The van der Waals surface area contributed by atoms with E-state index in [0.29, 0.717) is 29.1 Å². The maximum atomic E-state index is 12.5. The number of benzene rings is 2. The Labute approximate surface area is 160 Å². The van der Waals surface area contributed by atoms with E-state index in [1.807, 2.05) is 34.9 Å². The van der Waals surface area contributed by atoms with Crippen molar-refractivity contribution in [3.8, 4) is 6.07 Å². The van der Waals surface area contributed by atoms with Crippen LogP contribution in [0.25, 0.3) is 10.2 Å². The number of carbonyl (C=O) groups is 2. The first kappa shape index (κ1) is 18.5. The molecule has 0 aliphatic carbocycles. The van der Waals surface area contributed by atoms with Gasteiger partial charge in [0.25, 0.3) is 5.91 Å². The van der Waals surface area contributed by atoms with Gasteiger partial charge in [-0.25, -0.2) is 0 Å². The molecular formula is C20H17N3O3S. The molecule has 3 rings (SSSR count). The predicted molar refractivity (Wildman–Crippen MR) is 102 cm³/mol. The maximum Gasteiger partial charge on any atom is 0.307 e. The predicted octanol–water partition coefficient (Wildman–Crippen LogP) is 3.27. The average molecular weight is 379 g/mol. The van der Waals surface area contributed by atoms with Crippen molar-refractivity contribution in [2.45, 2.75) is 19.9 Å². The Morgan fingerprint density at radius 1 is 1.19 bits per heavy atom. The highest BCUT2D eigenvalue weighted by Gasteiger charge is 2.11.